The first-order valence-electron chi connectivity index (χ1n) is 12.1. The number of allylic oxidation sites excluding steroid dienone is 3. The zero-order chi connectivity index (χ0) is 23.9. The minimum Gasteiger partial charge on any atom is -0.0622 e. The van der Waals surface area contributed by atoms with Crippen LogP contribution in [0.2, 0.25) is 0 Å². The molecule has 0 aliphatic carbocycles. The minimum atomic E-state index is 1.20. The van der Waals surface area contributed by atoms with E-state index in [-0.39, 0.29) is 0 Å². The van der Waals surface area contributed by atoms with Crippen molar-refractivity contribution in [2.75, 3.05) is 0 Å². The van der Waals surface area contributed by atoms with E-state index in [0.29, 0.717) is 0 Å². The maximum atomic E-state index is 2.24. The van der Waals surface area contributed by atoms with Gasteiger partial charge in [-0.25, -0.2) is 0 Å². The molecule has 0 spiro atoms. The fourth-order valence-electron chi connectivity index (χ4n) is 4.67. The molecule has 5 aromatic rings. The fourth-order valence-corrected chi connectivity index (χ4v) is 4.67. The Morgan fingerprint density at radius 3 is 0.971 bits per heavy atom. The highest BCUT2D eigenvalue weighted by atomic mass is 14.2. The normalized spacial score (nSPS) is 11.5. The molecule has 0 atom stereocenters. The van der Waals surface area contributed by atoms with E-state index >= 15 is 0 Å². The van der Waals surface area contributed by atoms with E-state index in [1.54, 1.807) is 0 Å². The van der Waals surface area contributed by atoms with Crippen molar-refractivity contribution in [3.05, 3.63) is 179 Å². The van der Waals surface area contributed by atoms with Gasteiger partial charge in [0.05, 0.1) is 0 Å². The third-order valence-electron chi connectivity index (χ3n) is 6.33. The summed E-state index contributed by atoms with van der Waals surface area (Å²) in [6.07, 6.45) is 0. The third-order valence-corrected chi connectivity index (χ3v) is 6.33. The zero-order valence-electron chi connectivity index (χ0n) is 19.9. The van der Waals surface area contributed by atoms with Gasteiger partial charge in [0.25, 0.3) is 0 Å². The van der Waals surface area contributed by atoms with Crippen LogP contribution in [0.1, 0.15) is 34.7 Å². The van der Waals surface area contributed by atoms with Gasteiger partial charge in [-0.05, 0) is 57.0 Å². The molecular formula is C35H28. The first kappa shape index (κ1) is 22.4. The van der Waals surface area contributed by atoms with Gasteiger partial charge in [0, 0.05) is 0 Å². The molecule has 0 saturated heterocycles. The smallest absolute Gasteiger partial charge is 0.00179 e. The van der Waals surface area contributed by atoms with Gasteiger partial charge in [-0.1, -0.05) is 152 Å². The first-order chi connectivity index (χ1) is 17.3. The Balaban J connectivity index is 1.96. The number of benzene rings is 5. The monoisotopic (exact) mass is 448 g/mol. The van der Waals surface area contributed by atoms with Gasteiger partial charge >= 0.3 is 0 Å². The first-order valence-corrected chi connectivity index (χ1v) is 12.1. The van der Waals surface area contributed by atoms with Gasteiger partial charge in [-0.2, -0.15) is 0 Å². The van der Waals surface area contributed by atoms with Crippen LogP contribution in [0.4, 0.5) is 0 Å². The van der Waals surface area contributed by atoms with E-state index in [1.807, 2.05) is 0 Å². The summed E-state index contributed by atoms with van der Waals surface area (Å²) in [7, 11) is 0. The van der Waals surface area contributed by atoms with E-state index in [1.165, 1.54) is 50.1 Å². The molecule has 0 aliphatic rings. The minimum absolute atomic E-state index is 1.20. The molecule has 5 rings (SSSR count). The highest BCUT2D eigenvalue weighted by Gasteiger charge is 2.21. The molecule has 0 aromatic heterocycles. The molecule has 0 N–H and O–H groups in total. The van der Waals surface area contributed by atoms with E-state index < -0.39 is 0 Å². The zero-order valence-corrected chi connectivity index (χ0v) is 19.9. The molecule has 0 heteroatoms. The lowest BCUT2D eigenvalue weighted by Gasteiger charge is -2.23. The highest BCUT2D eigenvalue weighted by Crippen LogP contribution is 2.44. The molecule has 35 heavy (non-hydrogen) atoms. The van der Waals surface area contributed by atoms with E-state index in [0.717, 1.165) is 0 Å². The molecule has 168 valence electrons. The average Bonchev–Trinajstić information content (AvgIpc) is 2.95. The summed E-state index contributed by atoms with van der Waals surface area (Å²) >= 11 is 0. The van der Waals surface area contributed by atoms with Crippen molar-refractivity contribution in [2.45, 2.75) is 6.92 Å². The Hall–Kier alpha value is -4.42. The summed E-state index contributed by atoms with van der Waals surface area (Å²) in [5.41, 5.74) is 11.0. The van der Waals surface area contributed by atoms with Crippen LogP contribution in [0.3, 0.4) is 0 Å². The quantitative estimate of drug-likeness (QED) is 0.179. The van der Waals surface area contributed by atoms with Gasteiger partial charge in [0.1, 0.15) is 0 Å². The van der Waals surface area contributed by atoms with Crippen molar-refractivity contribution in [3.8, 4) is 0 Å². The summed E-state index contributed by atoms with van der Waals surface area (Å²) in [6, 6.07) is 53.8. The van der Waals surface area contributed by atoms with Gasteiger partial charge in [-0.15, -0.1) is 0 Å². The second-order valence-electron chi connectivity index (χ2n) is 8.58. The molecule has 0 fully saturated rings. The van der Waals surface area contributed by atoms with Crippen molar-refractivity contribution in [3.63, 3.8) is 0 Å². The number of hydrogen-bond acceptors (Lipinski definition) is 0. The van der Waals surface area contributed by atoms with Crippen molar-refractivity contribution >= 4 is 22.3 Å². The lowest BCUT2D eigenvalue weighted by Crippen LogP contribution is -2.00. The van der Waals surface area contributed by atoms with Gasteiger partial charge < -0.3 is 0 Å². The average molecular weight is 449 g/mol. The summed E-state index contributed by atoms with van der Waals surface area (Å²) in [5.74, 6) is 0. The van der Waals surface area contributed by atoms with Gasteiger partial charge in [0.2, 0.25) is 0 Å². The Bertz CT molecular complexity index is 1390. The lowest BCUT2D eigenvalue weighted by atomic mass is 9.80. The predicted octanol–water partition coefficient (Wildman–Crippen LogP) is 9.28. The molecule has 0 amide bonds. The molecule has 0 unspecified atom stereocenters. The molecule has 0 nitrogen and oxygen atoms in total. The largest absolute Gasteiger partial charge is 0.0622 e. The molecule has 0 radical (unpaired) electrons. The van der Waals surface area contributed by atoms with Crippen LogP contribution < -0.4 is 0 Å². The third kappa shape index (κ3) is 4.93. The summed E-state index contributed by atoms with van der Waals surface area (Å²) < 4.78 is 0. The standard InChI is InChI=1S/C35H28/c1-27(28-17-7-2-8-18-28)33(29-19-9-3-10-20-29)35(32-25-15-6-16-26-32)34(30-21-11-4-12-22-30)31-23-13-5-14-24-31/h2-26H,1H3/b33-27-. The van der Waals surface area contributed by atoms with Crippen molar-refractivity contribution < 1.29 is 0 Å². The Kier molecular flexibility index (Phi) is 6.82. The Labute approximate surface area is 208 Å². The molecule has 0 aliphatic heterocycles. The molecule has 0 heterocycles. The topological polar surface area (TPSA) is 0 Å². The summed E-state index contributed by atoms with van der Waals surface area (Å²) in [4.78, 5) is 0. The van der Waals surface area contributed by atoms with Crippen LogP contribution in [0.15, 0.2) is 152 Å². The molecule has 0 saturated carbocycles. The molecule has 0 bridgehead atoms. The Morgan fingerprint density at radius 1 is 0.314 bits per heavy atom. The van der Waals surface area contributed by atoms with E-state index in [9.17, 15) is 0 Å². The second-order valence-corrected chi connectivity index (χ2v) is 8.58. The van der Waals surface area contributed by atoms with Crippen LogP contribution in [-0.4, -0.2) is 0 Å². The lowest BCUT2D eigenvalue weighted by molar-refractivity contribution is 1.51. The van der Waals surface area contributed by atoms with Crippen LogP contribution in [0.5, 0.6) is 0 Å². The highest BCUT2D eigenvalue weighted by molar-refractivity contribution is 6.23. The second kappa shape index (κ2) is 10.7. The SMILES string of the molecule is C/C(=C(/C(=C(c1ccccc1)c1ccccc1)c1ccccc1)c1ccccc1)c1ccccc1. The molecule has 5 aromatic carbocycles. The predicted molar refractivity (Wildman–Crippen MR) is 151 cm³/mol. The van der Waals surface area contributed by atoms with Crippen LogP contribution in [0, 0.1) is 0 Å². The van der Waals surface area contributed by atoms with Crippen molar-refractivity contribution in [1.82, 2.24) is 0 Å². The summed E-state index contributed by atoms with van der Waals surface area (Å²) in [6.45, 7) is 2.24. The van der Waals surface area contributed by atoms with Gasteiger partial charge in [0.15, 0.2) is 0 Å². The maximum Gasteiger partial charge on any atom is -0.00179 e. The summed E-state index contributed by atoms with van der Waals surface area (Å²) in [5, 5.41) is 0. The van der Waals surface area contributed by atoms with Crippen LogP contribution >= 0.6 is 0 Å². The van der Waals surface area contributed by atoms with Crippen molar-refractivity contribution in [2.24, 2.45) is 0 Å². The van der Waals surface area contributed by atoms with Crippen molar-refractivity contribution in [1.29, 1.82) is 0 Å². The fraction of sp³-hybridized carbons (Fsp3) is 0.0286. The number of hydrogen-bond donors (Lipinski definition) is 0. The van der Waals surface area contributed by atoms with Crippen LogP contribution in [0.25, 0.3) is 22.3 Å². The number of rotatable bonds is 6. The Morgan fingerprint density at radius 2 is 0.600 bits per heavy atom. The van der Waals surface area contributed by atoms with Gasteiger partial charge in [-0.3, -0.25) is 0 Å². The van der Waals surface area contributed by atoms with E-state index in [4.69, 9.17) is 0 Å². The van der Waals surface area contributed by atoms with E-state index in [2.05, 4.69) is 159 Å². The maximum absolute atomic E-state index is 2.24. The molecular weight excluding hydrogens is 420 g/mol. The van der Waals surface area contributed by atoms with Crippen LogP contribution in [-0.2, 0) is 0 Å².